The zero-order chi connectivity index (χ0) is 19.1. The van der Waals surface area contributed by atoms with E-state index >= 15 is 0 Å². The van der Waals surface area contributed by atoms with Gasteiger partial charge in [-0.1, -0.05) is 37.1 Å². The average Bonchev–Trinajstić information content (AvgIpc) is 3.18. The molecule has 0 saturated carbocycles. The van der Waals surface area contributed by atoms with E-state index in [4.69, 9.17) is 21.7 Å². The van der Waals surface area contributed by atoms with Crippen LogP contribution < -0.4 is 0 Å². The highest BCUT2D eigenvalue weighted by Crippen LogP contribution is 2.36. The van der Waals surface area contributed by atoms with Crippen LogP contribution in [-0.4, -0.2) is 19.6 Å². The van der Waals surface area contributed by atoms with Crippen LogP contribution in [0.2, 0.25) is 5.02 Å². The second kappa shape index (κ2) is 7.02. The Morgan fingerprint density at radius 3 is 2.71 bits per heavy atom. The lowest BCUT2D eigenvalue weighted by molar-refractivity contribution is 0.435. The van der Waals surface area contributed by atoms with Gasteiger partial charge < -0.3 is 0 Å². The zero-order valence-corrected chi connectivity index (χ0v) is 16.5. The fourth-order valence-electron chi connectivity index (χ4n) is 4.21. The molecule has 5 heteroatoms. The lowest BCUT2D eigenvalue weighted by Gasteiger charge is -2.26. The second-order valence-corrected chi connectivity index (χ2v) is 7.88. The van der Waals surface area contributed by atoms with Crippen molar-refractivity contribution in [3.8, 4) is 22.4 Å². The molecule has 0 aliphatic heterocycles. The molecule has 140 valence electrons. The van der Waals surface area contributed by atoms with Gasteiger partial charge in [0, 0.05) is 39.8 Å². The Kier molecular flexibility index (Phi) is 4.36. The van der Waals surface area contributed by atoms with Crippen LogP contribution in [0.4, 0.5) is 0 Å². The molecular formula is C23H21ClN4. The first-order valence-electron chi connectivity index (χ1n) is 9.80. The van der Waals surface area contributed by atoms with Crippen LogP contribution in [0.3, 0.4) is 0 Å². The summed E-state index contributed by atoms with van der Waals surface area (Å²) in [5.41, 5.74) is 7.73. The Hall–Kier alpha value is -2.72. The minimum Gasteiger partial charge on any atom is -0.264 e. The van der Waals surface area contributed by atoms with E-state index in [0.717, 1.165) is 45.9 Å². The summed E-state index contributed by atoms with van der Waals surface area (Å²) in [7, 11) is 0. The SMILES string of the molecule is CC[C@H]1CCc2c(c(-c3cccnc3)nc3c(-c4ccc(Cl)cc4)cnn23)C1. The zero-order valence-electron chi connectivity index (χ0n) is 15.8. The van der Waals surface area contributed by atoms with E-state index in [0.29, 0.717) is 5.92 Å². The first kappa shape index (κ1) is 17.4. The van der Waals surface area contributed by atoms with Crippen molar-refractivity contribution in [3.05, 3.63) is 71.3 Å². The van der Waals surface area contributed by atoms with Gasteiger partial charge in [0.2, 0.25) is 0 Å². The van der Waals surface area contributed by atoms with Gasteiger partial charge in [-0.25, -0.2) is 9.50 Å². The molecular weight excluding hydrogens is 368 g/mol. The molecule has 0 fully saturated rings. The van der Waals surface area contributed by atoms with Crippen molar-refractivity contribution in [2.24, 2.45) is 5.92 Å². The quantitative estimate of drug-likeness (QED) is 0.457. The lowest BCUT2D eigenvalue weighted by Crippen LogP contribution is -2.19. The highest BCUT2D eigenvalue weighted by atomic mass is 35.5. The standard InChI is InChI=1S/C23H21ClN4/c1-2-15-5-10-21-19(12-15)22(17-4-3-11-25-13-17)27-23-20(14-26-28(21)23)16-6-8-18(24)9-7-16/h3-4,6-9,11,13-15H,2,5,10,12H2,1H3/t15-/m0/s1. The van der Waals surface area contributed by atoms with Crippen LogP contribution in [0, 0.1) is 5.92 Å². The van der Waals surface area contributed by atoms with Gasteiger partial charge >= 0.3 is 0 Å². The van der Waals surface area contributed by atoms with Gasteiger partial charge in [0.15, 0.2) is 5.65 Å². The van der Waals surface area contributed by atoms with E-state index < -0.39 is 0 Å². The summed E-state index contributed by atoms with van der Waals surface area (Å²) in [4.78, 5) is 9.44. The van der Waals surface area contributed by atoms with E-state index in [-0.39, 0.29) is 0 Å². The summed E-state index contributed by atoms with van der Waals surface area (Å²) in [6.45, 7) is 2.28. The van der Waals surface area contributed by atoms with Crippen molar-refractivity contribution in [3.63, 3.8) is 0 Å². The van der Waals surface area contributed by atoms with E-state index in [1.54, 1.807) is 6.20 Å². The summed E-state index contributed by atoms with van der Waals surface area (Å²) >= 11 is 6.08. The molecule has 0 radical (unpaired) electrons. The Morgan fingerprint density at radius 1 is 1.11 bits per heavy atom. The number of nitrogens with zero attached hydrogens (tertiary/aromatic N) is 4. The van der Waals surface area contributed by atoms with Crippen LogP contribution in [0.1, 0.15) is 31.0 Å². The van der Waals surface area contributed by atoms with Crippen LogP contribution >= 0.6 is 11.6 Å². The van der Waals surface area contributed by atoms with E-state index in [9.17, 15) is 0 Å². The van der Waals surface area contributed by atoms with Gasteiger partial charge in [-0.05, 0) is 55.0 Å². The number of benzene rings is 1. The largest absolute Gasteiger partial charge is 0.264 e. The van der Waals surface area contributed by atoms with Crippen LogP contribution in [-0.2, 0) is 12.8 Å². The van der Waals surface area contributed by atoms with Crippen LogP contribution in [0.25, 0.3) is 28.0 Å². The Morgan fingerprint density at radius 2 is 1.96 bits per heavy atom. The molecule has 0 bridgehead atoms. The minimum atomic E-state index is 0.702. The normalized spacial score (nSPS) is 16.3. The van der Waals surface area contributed by atoms with Crippen LogP contribution in [0.5, 0.6) is 0 Å². The maximum Gasteiger partial charge on any atom is 0.163 e. The van der Waals surface area contributed by atoms with E-state index in [1.165, 1.54) is 24.1 Å². The first-order valence-corrected chi connectivity index (χ1v) is 10.2. The van der Waals surface area contributed by atoms with Gasteiger partial charge in [-0.3, -0.25) is 4.98 Å². The highest BCUT2D eigenvalue weighted by Gasteiger charge is 2.26. The fourth-order valence-corrected chi connectivity index (χ4v) is 4.34. The molecule has 28 heavy (non-hydrogen) atoms. The molecule has 0 saturated heterocycles. The molecule has 0 amide bonds. The number of fused-ring (bicyclic) bond motifs is 3. The van der Waals surface area contributed by atoms with Crippen molar-refractivity contribution in [2.75, 3.05) is 0 Å². The number of hydrogen-bond donors (Lipinski definition) is 0. The predicted molar refractivity (Wildman–Crippen MR) is 112 cm³/mol. The van der Waals surface area contributed by atoms with Crippen molar-refractivity contribution < 1.29 is 0 Å². The summed E-state index contributed by atoms with van der Waals surface area (Å²) < 4.78 is 2.05. The number of pyridine rings is 1. The monoisotopic (exact) mass is 388 g/mol. The summed E-state index contributed by atoms with van der Waals surface area (Å²) in [6, 6.07) is 11.9. The van der Waals surface area contributed by atoms with Gasteiger partial charge in [0.05, 0.1) is 11.9 Å². The van der Waals surface area contributed by atoms with E-state index in [2.05, 4.69) is 18.0 Å². The Labute approximate surface area is 169 Å². The molecule has 0 N–H and O–H groups in total. The van der Waals surface area contributed by atoms with Crippen molar-refractivity contribution >= 4 is 17.2 Å². The summed E-state index contributed by atoms with van der Waals surface area (Å²) in [5.74, 6) is 0.702. The number of rotatable bonds is 3. The van der Waals surface area contributed by atoms with Crippen molar-refractivity contribution in [2.45, 2.75) is 32.6 Å². The predicted octanol–water partition coefficient (Wildman–Crippen LogP) is 5.63. The maximum absolute atomic E-state index is 6.08. The molecule has 3 aromatic heterocycles. The molecule has 4 aromatic rings. The van der Waals surface area contributed by atoms with Gasteiger partial charge in [-0.2, -0.15) is 5.10 Å². The Balaban J connectivity index is 1.77. The number of aromatic nitrogens is 4. The maximum atomic E-state index is 6.08. The third kappa shape index (κ3) is 2.89. The summed E-state index contributed by atoms with van der Waals surface area (Å²) in [5, 5.41) is 5.45. The summed E-state index contributed by atoms with van der Waals surface area (Å²) in [6.07, 6.45) is 10.1. The van der Waals surface area contributed by atoms with Crippen molar-refractivity contribution in [1.29, 1.82) is 0 Å². The Bertz CT molecular complexity index is 1130. The lowest BCUT2D eigenvalue weighted by atomic mass is 9.83. The highest BCUT2D eigenvalue weighted by molar-refractivity contribution is 6.30. The topological polar surface area (TPSA) is 43.1 Å². The van der Waals surface area contributed by atoms with Crippen LogP contribution in [0.15, 0.2) is 55.0 Å². The second-order valence-electron chi connectivity index (χ2n) is 7.44. The molecule has 5 rings (SSSR count). The molecule has 1 aliphatic carbocycles. The molecule has 1 aliphatic rings. The van der Waals surface area contributed by atoms with Gasteiger partial charge in [0.25, 0.3) is 0 Å². The van der Waals surface area contributed by atoms with Gasteiger partial charge in [0.1, 0.15) is 0 Å². The molecule has 0 unspecified atom stereocenters. The third-order valence-corrected chi connectivity index (χ3v) is 6.05. The third-order valence-electron chi connectivity index (χ3n) is 5.80. The minimum absolute atomic E-state index is 0.702. The fraction of sp³-hybridized carbons (Fsp3) is 0.261. The number of halogens is 1. The van der Waals surface area contributed by atoms with Gasteiger partial charge in [-0.15, -0.1) is 0 Å². The number of hydrogen-bond acceptors (Lipinski definition) is 3. The van der Waals surface area contributed by atoms with Crippen molar-refractivity contribution in [1.82, 2.24) is 19.6 Å². The smallest absolute Gasteiger partial charge is 0.163 e. The average molecular weight is 389 g/mol. The first-order chi connectivity index (χ1) is 13.7. The van der Waals surface area contributed by atoms with E-state index in [1.807, 2.05) is 47.2 Å². The number of aryl methyl sites for hydroxylation is 1. The molecule has 4 nitrogen and oxygen atoms in total. The molecule has 3 heterocycles. The molecule has 1 aromatic carbocycles. The molecule has 0 spiro atoms. The molecule has 1 atom stereocenters.